The molecule has 1 heterocycles. The lowest BCUT2D eigenvalue weighted by molar-refractivity contribution is -0.131. The Hall–Kier alpha value is -1.56. The zero-order valence-electron chi connectivity index (χ0n) is 17.3. The molecule has 28 heavy (non-hydrogen) atoms. The fraction of sp³-hybridized carbons (Fsp3) is 0.682. The highest BCUT2D eigenvalue weighted by Gasteiger charge is 2.28. The first-order valence-electron chi connectivity index (χ1n) is 10.5. The molecular formula is C22H33NO4S. The minimum Gasteiger partial charge on any atom is -0.493 e. The van der Waals surface area contributed by atoms with Gasteiger partial charge in [0.2, 0.25) is 5.91 Å². The van der Waals surface area contributed by atoms with E-state index in [1.165, 1.54) is 12.8 Å². The van der Waals surface area contributed by atoms with Crippen LogP contribution in [0.5, 0.6) is 5.75 Å². The van der Waals surface area contributed by atoms with Crippen LogP contribution in [0.1, 0.15) is 50.7 Å². The maximum atomic E-state index is 12.7. The first kappa shape index (κ1) is 21.2. The molecule has 1 aliphatic heterocycles. The van der Waals surface area contributed by atoms with E-state index >= 15 is 0 Å². The van der Waals surface area contributed by atoms with E-state index in [1.807, 2.05) is 30.0 Å². The maximum Gasteiger partial charge on any atom is 0.226 e. The molecule has 1 saturated heterocycles. The van der Waals surface area contributed by atoms with Crippen LogP contribution in [-0.4, -0.2) is 49.9 Å². The zero-order valence-corrected chi connectivity index (χ0v) is 18.1. The van der Waals surface area contributed by atoms with Gasteiger partial charge in [0, 0.05) is 13.1 Å². The number of rotatable bonds is 8. The van der Waals surface area contributed by atoms with Crippen molar-refractivity contribution >= 4 is 15.7 Å². The molecule has 156 valence electrons. The van der Waals surface area contributed by atoms with E-state index in [4.69, 9.17) is 4.74 Å². The van der Waals surface area contributed by atoms with Gasteiger partial charge in [-0.25, -0.2) is 8.42 Å². The summed E-state index contributed by atoms with van der Waals surface area (Å²) in [4.78, 5) is 14.6. The number of aryl methyl sites for hydroxylation is 1. The maximum absolute atomic E-state index is 12.7. The van der Waals surface area contributed by atoms with E-state index in [0.29, 0.717) is 19.5 Å². The predicted molar refractivity (Wildman–Crippen MR) is 111 cm³/mol. The summed E-state index contributed by atoms with van der Waals surface area (Å²) in [5, 5.41) is -0.327. The summed E-state index contributed by atoms with van der Waals surface area (Å²) in [7, 11) is -3.02. The molecule has 5 nitrogen and oxygen atoms in total. The number of ether oxygens (including phenoxy) is 1. The molecule has 3 rings (SSSR count). The number of hydrogen-bond donors (Lipinski definition) is 0. The van der Waals surface area contributed by atoms with Crippen LogP contribution in [-0.2, 0) is 21.1 Å². The summed E-state index contributed by atoms with van der Waals surface area (Å²) in [6.07, 6.45) is 4.47. The molecule has 1 aromatic rings. The average Bonchev–Trinajstić information content (AvgIpc) is 3.46. The van der Waals surface area contributed by atoms with Gasteiger partial charge in [-0.15, -0.1) is 0 Å². The van der Waals surface area contributed by atoms with Gasteiger partial charge in [-0.3, -0.25) is 4.79 Å². The van der Waals surface area contributed by atoms with E-state index in [9.17, 15) is 13.2 Å². The normalized spacial score (nSPS) is 18.5. The zero-order chi connectivity index (χ0) is 20.3. The van der Waals surface area contributed by atoms with E-state index in [0.717, 1.165) is 42.2 Å². The van der Waals surface area contributed by atoms with Gasteiger partial charge in [-0.1, -0.05) is 6.07 Å². The molecule has 0 spiro atoms. The van der Waals surface area contributed by atoms with Crippen molar-refractivity contribution < 1.29 is 17.9 Å². The van der Waals surface area contributed by atoms with Crippen molar-refractivity contribution in [2.24, 2.45) is 11.8 Å². The summed E-state index contributed by atoms with van der Waals surface area (Å²) in [6, 6.07) is 5.98. The summed E-state index contributed by atoms with van der Waals surface area (Å²) in [5.41, 5.74) is 2.12. The summed E-state index contributed by atoms with van der Waals surface area (Å²) in [5.74, 6) is 2.14. The molecule has 1 aromatic carbocycles. The Morgan fingerprint density at radius 3 is 2.39 bits per heavy atom. The lowest BCUT2D eigenvalue weighted by Gasteiger charge is -2.32. The number of carbonyl (C=O) groups excluding carboxylic acids is 1. The second-order valence-electron chi connectivity index (χ2n) is 8.72. The summed E-state index contributed by atoms with van der Waals surface area (Å²) >= 11 is 0. The molecule has 1 aliphatic carbocycles. The van der Waals surface area contributed by atoms with Crippen LogP contribution in [0.4, 0.5) is 0 Å². The molecule has 2 aliphatic rings. The quantitative estimate of drug-likeness (QED) is 0.663. The molecule has 1 saturated carbocycles. The second kappa shape index (κ2) is 8.85. The smallest absolute Gasteiger partial charge is 0.226 e. The third kappa shape index (κ3) is 5.72. The van der Waals surface area contributed by atoms with E-state index in [1.54, 1.807) is 13.8 Å². The van der Waals surface area contributed by atoms with Crippen molar-refractivity contribution in [2.45, 2.75) is 58.1 Å². The highest BCUT2D eigenvalue weighted by Crippen LogP contribution is 2.30. The van der Waals surface area contributed by atoms with Gasteiger partial charge in [-0.2, -0.15) is 0 Å². The molecule has 0 N–H and O–H groups in total. The Morgan fingerprint density at radius 2 is 1.82 bits per heavy atom. The number of hydrogen-bond acceptors (Lipinski definition) is 4. The van der Waals surface area contributed by atoms with Crippen molar-refractivity contribution in [3.8, 4) is 5.75 Å². The first-order valence-corrected chi connectivity index (χ1v) is 12.2. The minimum absolute atomic E-state index is 0.125. The van der Waals surface area contributed by atoms with Crippen molar-refractivity contribution in [1.82, 2.24) is 4.90 Å². The lowest BCUT2D eigenvalue weighted by Crippen LogP contribution is -2.41. The van der Waals surface area contributed by atoms with Gasteiger partial charge in [-0.05, 0) is 81.5 Å². The molecule has 0 aromatic heterocycles. The van der Waals surface area contributed by atoms with Crippen molar-refractivity contribution in [3.05, 3.63) is 29.3 Å². The standard InChI is InChI=1S/C22H33NO4S/c1-16(2)28(25,26)15-19-8-10-23(11-9-19)22(24)13-20-6-7-21(12-17(20)3)27-14-18-4-5-18/h6-7,12,16,18-19H,4-5,8-11,13-15H2,1-3H3. The van der Waals surface area contributed by atoms with Gasteiger partial charge in [0.1, 0.15) is 5.75 Å². The molecule has 0 bridgehead atoms. The van der Waals surface area contributed by atoms with Crippen molar-refractivity contribution in [3.63, 3.8) is 0 Å². The number of piperidine rings is 1. The molecule has 2 fully saturated rings. The van der Waals surface area contributed by atoms with Crippen LogP contribution in [0.15, 0.2) is 18.2 Å². The van der Waals surface area contributed by atoms with E-state index < -0.39 is 9.84 Å². The van der Waals surface area contributed by atoms with Gasteiger partial charge in [0.25, 0.3) is 0 Å². The van der Waals surface area contributed by atoms with Crippen LogP contribution in [0.2, 0.25) is 0 Å². The fourth-order valence-corrected chi connectivity index (χ4v) is 4.98. The monoisotopic (exact) mass is 407 g/mol. The first-order chi connectivity index (χ1) is 13.2. The number of amides is 1. The Morgan fingerprint density at radius 1 is 1.14 bits per heavy atom. The number of benzene rings is 1. The number of sulfone groups is 1. The van der Waals surface area contributed by atoms with Crippen LogP contribution in [0, 0.1) is 18.8 Å². The predicted octanol–water partition coefficient (Wildman–Crippen LogP) is 3.39. The van der Waals surface area contributed by atoms with E-state index in [-0.39, 0.29) is 22.8 Å². The van der Waals surface area contributed by atoms with Crippen LogP contribution in [0.25, 0.3) is 0 Å². The number of nitrogens with zero attached hydrogens (tertiary/aromatic N) is 1. The third-order valence-electron chi connectivity index (χ3n) is 5.99. The molecule has 0 radical (unpaired) electrons. The molecule has 6 heteroatoms. The third-order valence-corrected chi connectivity index (χ3v) is 8.36. The van der Waals surface area contributed by atoms with Crippen molar-refractivity contribution in [2.75, 3.05) is 25.4 Å². The minimum atomic E-state index is -3.02. The number of likely N-dealkylation sites (tertiary alicyclic amines) is 1. The highest BCUT2D eigenvalue weighted by atomic mass is 32.2. The van der Waals surface area contributed by atoms with Crippen LogP contribution in [0.3, 0.4) is 0 Å². The largest absolute Gasteiger partial charge is 0.493 e. The second-order valence-corrected chi connectivity index (χ2v) is 11.3. The summed E-state index contributed by atoms with van der Waals surface area (Å²) < 4.78 is 30.0. The Bertz CT molecular complexity index is 791. The molecule has 1 amide bonds. The molecule has 0 atom stereocenters. The van der Waals surface area contributed by atoms with Gasteiger partial charge < -0.3 is 9.64 Å². The Labute approximate surface area is 169 Å². The molecule has 0 unspecified atom stereocenters. The fourth-order valence-electron chi connectivity index (χ4n) is 3.60. The van der Waals surface area contributed by atoms with Crippen LogP contribution < -0.4 is 4.74 Å². The van der Waals surface area contributed by atoms with Crippen molar-refractivity contribution in [1.29, 1.82) is 0 Å². The average molecular weight is 408 g/mol. The number of carbonyl (C=O) groups is 1. The Balaban J connectivity index is 1.48. The van der Waals surface area contributed by atoms with E-state index in [2.05, 4.69) is 0 Å². The SMILES string of the molecule is Cc1cc(OCC2CC2)ccc1CC(=O)N1CCC(CS(=O)(=O)C(C)C)CC1. The van der Waals surface area contributed by atoms with Crippen LogP contribution >= 0.6 is 0 Å². The molecular weight excluding hydrogens is 374 g/mol. The summed E-state index contributed by atoms with van der Waals surface area (Å²) in [6.45, 7) is 7.59. The lowest BCUT2D eigenvalue weighted by atomic mass is 9.98. The van der Waals surface area contributed by atoms with Gasteiger partial charge in [0.15, 0.2) is 9.84 Å². The van der Waals surface area contributed by atoms with Gasteiger partial charge in [0.05, 0.1) is 24.0 Å². The topological polar surface area (TPSA) is 63.7 Å². The Kier molecular flexibility index (Phi) is 6.69. The highest BCUT2D eigenvalue weighted by molar-refractivity contribution is 7.91. The van der Waals surface area contributed by atoms with Gasteiger partial charge >= 0.3 is 0 Å².